The van der Waals surface area contributed by atoms with Gasteiger partial charge in [0.2, 0.25) is 0 Å². The molecule has 0 aliphatic carbocycles. The number of unbranched alkanes of at least 4 members (excludes halogenated alkanes) is 5. The van der Waals surface area contributed by atoms with Gasteiger partial charge in [0.15, 0.2) is 0 Å². The van der Waals surface area contributed by atoms with Crippen LogP contribution >= 0.6 is 0 Å². The Morgan fingerprint density at radius 1 is 0.900 bits per heavy atom. The molecule has 0 rings (SSSR count). The highest BCUT2D eigenvalue weighted by Crippen LogP contribution is 2.26. The first-order chi connectivity index (χ1) is 9.79. The van der Waals surface area contributed by atoms with E-state index in [0.717, 1.165) is 0 Å². The maximum Gasteiger partial charge on any atom is 0.0298 e. The van der Waals surface area contributed by atoms with Crippen molar-refractivity contribution in [3.05, 3.63) is 23.9 Å². The van der Waals surface area contributed by atoms with E-state index >= 15 is 0 Å². The molecule has 0 aromatic carbocycles. The fraction of sp³-hybridized carbons (Fsp3) is 0.737. The first-order valence-electron chi connectivity index (χ1n) is 8.60. The summed E-state index contributed by atoms with van der Waals surface area (Å²) in [4.78, 5) is 4.35. The molecule has 0 aromatic rings. The summed E-state index contributed by atoms with van der Waals surface area (Å²) in [6.07, 6.45) is 20.4. The molecule has 0 radical (unpaired) electrons. The fourth-order valence-electron chi connectivity index (χ4n) is 2.57. The van der Waals surface area contributed by atoms with E-state index in [0.29, 0.717) is 5.92 Å². The van der Waals surface area contributed by atoms with Crippen molar-refractivity contribution in [2.24, 2.45) is 10.9 Å². The van der Waals surface area contributed by atoms with Crippen molar-refractivity contribution in [3.63, 3.8) is 0 Å². The molecule has 0 bridgehead atoms. The molecule has 1 atom stereocenters. The van der Waals surface area contributed by atoms with E-state index in [4.69, 9.17) is 0 Å². The molecule has 0 fully saturated rings. The molecule has 1 heteroatoms. The Morgan fingerprint density at radius 2 is 1.50 bits per heavy atom. The molecule has 116 valence electrons. The van der Waals surface area contributed by atoms with Gasteiger partial charge >= 0.3 is 0 Å². The Hall–Kier alpha value is -0.850. The van der Waals surface area contributed by atoms with Gasteiger partial charge in [-0.25, -0.2) is 0 Å². The zero-order valence-corrected chi connectivity index (χ0v) is 14.2. The summed E-state index contributed by atoms with van der Waals surface area (Å²) in [5, 5.41) is 0. The van der Waals surface area contributed by atoms with E-state index < -0.39 is 0 Å². The van der Waals surface area contributed by atoms with Gasteiger partial charge in [-0.3, -0.25) is 4.99 Å². The van der Waals surface area contributed by atoms with Crippen LogP contribution in [0.2, 0.25) is 0 Å². The Bertz CT molecular complexity index is 286. The van der Waals surface area contributed by atoms with Gasteiger partial charge in [0.05, 0.1) is 0 Å². The summed E-state index contributed by atoms with van der Waals surface area (Å²) >= 11 is 0. The van der Waals surface area contributed by atoms with Crippen molar-refractivity contribution >= 4 is 6.21 Å². The average molecular weight is 277 g/mol. The zero-order chi connectivity index (χ0) is 15.1. The molecule has 0 aromatic heterocycles. The van der Waals surface area contributed by atoms with Crippen LogP contribution in [0.1, 0.15) is 85.5 Å². The summed E-state index contributed by atoms with van der Waals surface area (Å²) in [5.74, 6) is 0.693. The molecular weight excluding hydrogens is 242 g/mol. The summed E-state index contributed by atoms with van der Waals surface area (Å²) in [6, 6.07) is 0. The number of hydrogen-bond acceptors (Lipinski definition) is 1. The molecule has 0 aliphatic heterocycles. The van der Waals surface area contributed by atoms with E-state index in [9.17, 15) is 0 Å². The summed E-state index contributed by atoms with van der Waals surface area (Å²) < 4.78 is 0. The molecule has 0 heterocycles. The van der Waals surface area contributed by atoms with Crippen molar-refractivity contribution in [2.75, 3.05) is 0 Å². The molecule has 0 N–H and O–H groups in total. The predicted molar refractivity (Wildman–Crippen MR) is 93.5 cm³/mol. The van der Waals surface area contributed by atoms with Gasteiger partial charge in [-0.1, -0.05) is 70.9 Å². The second kappa shape index (κ2) is 14.6. The lowest BCUT2D eigenvalue weighted by Gasteiger charge is -2.18. The molecule has 1 unspecified atom stereocenters. The second-order valence-corrected chi connectivity index (χ2v) is 5.58. The minimum Gasteiger partial charge on any atom is -0.269 e. The third-order valence-electron chi connectivity index (χ3n) is 3.77. The number of rotatable bonds is 12. The highest BCUT2D eigenvalue weighted by atomic mass is 14.7. The third-order valence-corrected chi connectivity index (χ3v) is 3.77. The number of allylic oxidation sites excluding steroid dienone is 3. The van der Waals surface area contributed by atoms with Crippen LogP contribution in [0.15, 0.2) is 28.9 Å². The summed E-state index contributed by atoms with van der Waals surface area (Å²) in [6.45, 7) is 8.64. The Morgan fingerprint density at radius 3 is 2.05 bits per heavy atom. The fourth-order valence-corrected chi connectivity index (χ4v) is 2.57. The number of aliphatic imine (C=N–C) groups is 1. The lowest BCUT2D eigenvalue weighted by molar-refractivity contribution is 0.464. The van der Waals surface area contributed by atoms with Crippen molar-refractivity contribution < 1.29 is 0 Å². The monoisotopic (exact) mass is 277 g/mol. The summed E-state index contributed by atoms with van der Waals surface area (Å²) in [7, 11) is 0. The van der Waals surface area contributed by atoms with Crippen LogP contribution in [0.4, 0.5) is 0 Å². The molecule has 0 saturated carbocycles. The van der Waals surface area contributed by atoms with Crippen LogP contribution in [0, 0.1) is 5.92 Å². The predicted octanol–water partition coefficient (Wildman–Crippen LogP) is 6.70. The maximum absolute atomic E-state index is 4.35. The molecule has 0 aliphatic rings. The smallest absolute Gasteiger partial charge is 0.0298 e. The number of hydrogen-bond donors (Lipinski definition) is 0. The SMILES string of the molecule is C\C=C/C(=C\N=C/C)C(CCCCC)CCCCCC. The second-order valence-electron chi connectivity index (χ2n) is 5.58. The van der Waals surface area contributed by atoms with E-state index in [2.05, 4.69) is 44.1 Å². The van der Waals surface area contributed by atoms with Crippen LogP contribution in [-0.2, 0) is 0 Å². The third kappa shape index (κ3) is 10.00. The van der Waals surface area contributed by atoms with Crippen LogP contribution < -0.4 is 0 Å². The van der Waals surface area contributed by atoms with Gasteiger partial charge in [-0.2, -0.15) is 0 Å². The van der Waals surface area contributed by atoms with E-state index in [1.54, 1.807) is 0 Å². The van der Waals surface area contributed by atoms with E-state index in [1.807, 2.05) is 13.1 Å². The Labute approximate surface area is 127 Å². The van der Waals surface area contributed by atoms with Crippen LogP contribution in [0.5, 0.6) is 0 Å². The minimum absolute atomic E-state index is 0.693. The molecule has 20 heavy (non-hydrogen) atoms. The van der Waals surface area contributed by atoms with Crippen LogP contribution in [-0.4, -0.2) is 6.21 Å². The normalized spacial score (nSPS) is 14.5. The quantitative estimate of drug-likeness (QED) is 0.214. The van der Waals surface area contributed by atoms with Crippen molar-refractivity contribution in [2.45, 2.75) is 85.5 Å². The Balaban J connectivity index is 4.57. The van der Waals surface area contributed by atoms with Gasteiger partial charge in [-0.15, -0.1) is 0 Å². The van der Waals surface area contributed by atoms with Gasteiger partial charge in [0.1, 0.15) is 0 Å². The number of nitrogens with zero attached hydrogens (tertiary/aromatic N) is 1. The summed E-state index contributed by atoms with van der Waals surface area (Å²) in [5.41, 5.74) is 1.42. The molecule has 1 nitrogen and oxygen atoms in total. The highest BCUT2D eigenvalue weighted by Gasteiger charge is 2.11. The van der Waals surface area contributed by atoms with E-state index in [1.165, 1.54) is 63.4 Å². The van der Waals surface area contributed by atoms with Crippen molar-refractivity contribution in [1.29, 1.82) is 0 Å². The molecule has 0 spiro atoms. The largest absolute Gasteiger partial charge is 0.269 e. The van der Waals surface area contributed by atoms with Gasteiger partial charge in [0.25, 0.3) is 0 Å². The van der Waals surface area contributed by atoms with Crippen molar-refractivity contribution in [1.82, 2.24) is 0 Å². The first-order valence-corrected chi connectivity index (χ1v) is 8.60. The Kier molecular flexibility index (Phi) is 13.9. The average Bonchev–Trinajstić information content (AvgIpc) is 2.46. The molecular formula is C19H35N. The standard InChI is InChI=1S/C19H35N/c1-5-9-11-13-16-18(15-12-10-6-2)19(14-7-3)17-20-8-4/h7-8,14,17-18H,5-6,9-13,15-16H2,1-4H3/b14-7-,19-17+,20-8-. The lowest BCUT2D eigenvalue weighted by Crippen LogP contribution is -2.04. The highest BCUT2D eigenvalue weighted by molar-refractivity contribution is 5.54. The first kappa shape index (κ1) is 19.1. The minimum atomic E-state index is 0.693. The topological polar surface area (TPSA) is 12.4 Å². The zero-order valence-electron chi connectivity index (χ0n) is 14.2. The van der Waals surface area contributed by atoms with Crippen LogP contribution in [0.3, 0.4) is 0 Å². The van der Waals surface area contributed by atoms with Gasteiger partial charge < -0.3 is 0 Å². The maximum atomic E-state index is 4.35. The van der Waals surface area contributed by atoms with Crippen molar-refractivity contribution in [3.8, 4) is 0 Å². The molecule has 0 saturated heterocycles. The van der Waals surface area contributed by atoms with Gasteiger partial charge in [0, 0.05) is 12.4 Å². The van der Waals surface area contributed by atoms with E-state index in [-0.39, 0.29) is 0 Å². The van der Waals surface area contributed by atoms with Crippen LogP contribution in [0.25, 0.3) is 0 Å². The van der Waals surface area contributed by atoms with Gasteiger partial charge in [-0.05, 0) is 38.2 Å². The molecule has 0 amide bonds. The lowest BCUT2D eigenvalue weighted by atomic mass is 9.88.